The molecule has 4 aromatic rings. The van der Waals surface area contributed by atoms with Crippen molar-refractivity contribution in [3.63, 3.8) is 0 Å². The van der Waals surface area contributed by atoms with Crippen molar-refractivity contribution in [1.29, 1.82) is 0 Å². The zero-order valence-electron chi connectivity index (χ0n) is 40.0. The maximum atomic E-state index is 13.3. The van der Waals surface area contributed by atoms with E-state index in [1.807, 2.05) is 41.3 Å². The lowest BCUT2D eigenvalue weighted by molar-refractivity contribution is -0.147. The molecule has 0 bridgehead atoms. The first-order chi connectivity index (χ1) is 32.8. The number of ether oxygens (including phenoxy) is 2. The molecule has 4 rings (SSSR count). The highest BCUT2D eigenvalue weighted by atomic mass is 35.5. The lowest BCUT2D eigenvalue weighted by Gasteiger charge is -2.23. The summed E-state index contributed by atoms with van der Waals surface area (Å²) >= 11 is 23.4. The predicted molar refractivity (Wildman–Crippen MR) is 261 cm³/mol. The van der Waals surface area contributed by atoms with Gasteiger partial charge in [0.1, 0.15) is 23.7 Å². The van der Waals surface area contributed by atoms with E-state index >= 15 is 0 Å². The lowest BCUT2D eigenvalue weighted by atomic mass is 10.0. The van der Waals surface area contributed by atoms with Crippen LogP contribution in [0.2, 0.25) is 0 Å². The monoisotopic (exact) mass is 997 g/mol. The summed E-state index contributed by atoms with van der Waals surface area (Å²) < 4.78 is 62.1. The quantitative estimate of drug-likeness (QED) is 0.0401. The van der Waals surface area contributed by atoms with Gasteiger partial charge in [-0.15, -0.1) is 46.4 Å². The van der Waals surface area contributed by atoms with Crippen LogP contribution in [0, 0.1) is 11.6 Å². The van der Waals surface area contributed by atoms with Crippen LogP contribution in [0.3, 0.4) is 0 Å². The number of carbonyl (C=O) groups is 4. The van der Waals surface area contributed by atoms with Gasteiger partial charge in [0.2, 0.25) is 11.8 Å². The average molecular weight is 1000 g/mol. The zero-order valence-corrected chi connectivity index (χ0v) is 40.0. The maximum absolute atomic E-state index is 13.3. The second-order valence-corrected chi connectivity index (χ2v) is 16.0. The molecule has 360 valence electrons. The first kappa shape index (κ1) is 50.7. The van der Waals surface area contributed by atoms with Crippen LogP contribution in [0.5, 0.6) is 0 Å². The molecule has 18 heteroatoms. The molecule has 0 saturated heterocycles. The molecule has 4 unspecified atom stereocenters. The number of hydrogen-bond acceptors (Lipinski definition) is 10. The summed E-state index contributed by atoms with van der Waals surface area (Å²) in [6.07, 6.45) is -0.456. The molecule has 0 aromatic heterocycles. The van der Waals surface area contributed by atoms with E-state index in [9.17, 15) is 28.0 Å². The van der Waals surface area contributed by atoms with Gasteiger partial charge in [0, 0.05) is 73.9 Å². The van der Waals surface area contributed by atoms with Crippen LogP contribution >= 0.6 is 46.4 Å². The topological polar surface area (TPSA) is 169 Å². The molecule has 0 spiro atoms. The Morgan fingerprint density at radius 1 is 0.545 bits per heavy atom. The molecule has 0 fully saturated rings. The molecule has 66 heavy (non-hydrogen) atoms. The van der Waals surface area contributed by atoms with E-state index in [2.05, 4.69) is 15.5 Å². The number of rotatable bonds is 26. The van der Waals surface area contributed by atoms with Gasteiger partial charge < -0.3 is 41.4 Å². The molecule has 0 aliphatic carbocycles. The first-order valence-electron chi connectivity index (χ1n) is 22.7. The molecule has 0 saturated carbocycles. The van der Waals surface area contributed by atoms with Crippen molar-refractivity contribution in [1.82, 2.24) is 10.6 Å². The Morgan fingerprint density at radius 3 is 1.21 bits per heavy atom. The van der Waals surface area contributed by atoms with Crippen LogP contribution in [0.25, 0.3) is 0 Å². The molecule has 4 aromatic carbocycles. The Kier molecular flexibility index (Phi) is 23.5. The number of benzene rings is 4. The van der Waals surface area contributed by atoms with E-state index in [1.165, 1.54) is 48.5 Å². The molecule has 12 nitrogen and oxygen atoms in total. The Labute approximate surface area is 410 Å². The third kappa shape index (κ3) is 19.6. The highest BCUT2D eigenvalue weighted by Crippen LogP contribution is 2.19. The SMILES string of the molecule is [2H]C(Cc1ccc(F)cc1)(NC(=O)C(N)Cc1ccc(N(CCCl)CCCl)cc1)C(=O)OCC.[2H]C(N)(Cc1ccc(N(CCCl)CCCl)cc1)C(=O)NC([2H])(Cc1ccc(F)cc1)C(=O)OCC. The second-order valence-electron chi connectivity index (χ2n) is 14.5. The van der Waals surface area contributed by atoms with Crippen molar-refractivity contribution in [3.05, 3.63) is 131 Å². The summed E-state index contributed by atoms with van der Waals surface area (Å²) in [6, 6.07) is 17.7. The van der Waals surface area contributed by atoms with Gasteiger partial charge in [-0.2, -0.15) is 0 Å². The zero-order chi connectivity index (χ0) is 51.2. The third-order valence-electron chi connectivity index (χ3n) is 9.67. The van der Waals surface area contributed by atoms with Crippen molar-refractivity contribution in [3.8, 4) is 0 Å². The van der Waals surface area contributed by atoms with Crippen molar-refractivity contribution < 1.29 is 41.5 Å². The first-order valence-corrected chi connectivity index (χ1v) is 23.3. The molecule has 0 heterocycles. The maximum Gasteiger partial charge on any atom is 0.328 e. The molecule has 0 aliphatic rings. The van der Waals surface area contributed by atoms with E-state index in [0.29, 0.717) is 66.4 Å². The van der Waals surface area contributed by atoms with Gasteiger partial charge in [-0.05, 0) is 97.5 Å². The van der Waals surface area contributed by atoms with Crippen LogP contribution in [-0.2, 0) is 54.3 Å². The normalized spacial score (nSPS) is 14.7. The minimum Gasteiger partial charge on any atom is -0.464 e. The fourth-order valence-electron chi connectivity index (χ4n) is 6.31. The van der Waals surface area contributed by atoms with Crippen molar-refractivity contribution >= 4 is 81.5 Å². The number of amides is 2. The largest absolute Gasteiger partial charge is 0.464 e. The molecule has 0 radical (unpaired) electrons. The fourth-order valence-corrected chi connectivity index (χ4v) is 7.12. The molecule has 0 aliphatic heterocycles. The van der Waals surface area contributed by atoms with Gasteiger partial charge in [-0.3, -0.25) is 9.59 Å². The predicted octanol–water partition coefficient (Wildman–Crippen LogP) is 6.54. The van der Waals surface area contributed by atoms with Gasteiger partial charge in [-0.1, -0.05) is 48.5 Å². The summed E-state index contributed by atoms with van der Waals surface area (Å²) in [6.45, 7) is 5.75. The van der Waals surface area contributed by atoms with Gasteiger partial charge in [-0.25, -0.2) is 18.4 Å². The smallest absolute Gasteiger partial charge is 0.328 e. The average Bonchev–Trinajstić information content (AvgIpc) is 3.31. The fraction of sp³-hybridized carbons (Fsp3) is 0.417. The van der Waals surface area contributed by atoms with E-state index in [-0.39, 0.29) is 38.9 Å². The number of esters is 2. The molecular formula is C48H60Cl4F2N6O6. The van der Waals surface area contributed by atoms with E-state index in [4.69, 9.17) is 71.5 Å². The number of nitrogens with zero attached hydrogens (tertiary/aromatic N) is 2. The van der Waals surface area contributed by atoms with Crippen LogP contribution in [0.1, 0.15) is 40.2 Å². The summed E-state index contributed by atoms with van der Waals surface area (Å²) in [5, 5.41) is 4.70. The standard InChI is InChI=1S/2C24H30Cl2FN3O3/c2*1-2-33-24(32)22(16-18-3-7-19(27)8-4-18)29-23(31)21(28)15-17-5-9-20(10-6-17)30(13-11-25)14-12-26/h2*3-10,21-22H,2,11-16,28H2,1H3,(H,29,31)/i21D,22D;22D. The van der Waals surface area contributed by atoms with E-state index < -0.39 is 59.5 Å². The van der Waals surface area contributed by atoms with Crippen molar-refractivity contribution in [2.24, 2.45) is 11.5 Å². The van der Waals surface area contributed by atoms with Gasteiger partial charge >= 0.3 is 11.9 Å². The summed E-state index contributed by atoms with van der Waals surface area (Å²) in [5.41, 5.74) is 16.3. The molecule has 6 N–H and O–H groups in total. The molecule has 2 amide bonds. The molecular weight excluding hydrogens is 936 g/mol. The van der Waals surface area contributed by atoms with Crippen LogP contribution in [0.4, 0.5) is 20.2 Å². The van der Waals surface area contributed by atoms with Crippen molar-refractivity contribution in [2.45, 2.75) is 63.6 Å². The minimum absolute atomic E-state index is 0.00972. The van der Waals surface area contributed by atoms with Crippen LogP contribution < -0.4 is 31.9 Å². The van der Waals surface area contributed by atoms with Gasteiger partial charge in [0.25, 0.3) is 0 Å². The van der Waals surface area contributed by atoms with Crippen molar-refractivity contribution in [2.75, 3.05) is 72.7 Å². The Balaban J connectivity index is 0.000000365. The highest BCUT2D eigenvalue weighted by molar-refractivity contribution is 6.19. The Hall–Kier alpha value is -4.70. The lowest BCUT2D eigenvalue weighted by Crippen LogP contribution is -2.50. The van der Waals surface area contributed by atoms with E-state index in [1.54, 1.807) is 26.0 Å². The number of halogens is 6. The number of hydrogen-bond donors (Lipinski definition) is 4. The highest BCUT2D eigenvalue weighted by Gasteiger charge is 2.27. The van der Waals surface area contributed by atoms with Gasteiger partial charge in [0.15, 0.2) is 0 Å². The summed E-state index contributed by atoms with van der Waals surface area (Å²) in [5.74, 6) is -2.71. The van der Waals surface area contributed by atoms with E-state index in [0.717, 1.165) is 16.9 Å². The number of nitrogens with two attached hydrogens (primary N) is 2. The van der Waals surface area contributed by atoms with Gasteiger partial charge in [0.05, 0.1) is 29.4 Å². The van der Waals surface area contributed by atoms with Crippen LogP contribution in [-0.4, -0.2) is 111 Å². The third-order valence-corrected chi connectivity index (χ3v) is 10.3. The minimum atomic E-state index is -2.25. The summed E-state index contributed by atoms with van der Waals surface area (Å²) in [4.78, 5) is 54.8. The number of carbonyl (C=O) groups excluding carboxylic acids is 4. The van der Waals surface area contributed by atoms with Crippen LogP contribution in [0.15, 0.2) is 97.1 Å². The number of anilines is 2. The summed E-state index contributed by atoms with van der Waals surface area (Å²) in [7, 11) is 0. The Bertz CT molecular complexity index is 2220. The molecule has 4 atom stereocenters. The number of nitrogens with one attached hydrogen (secondary N) is 2. The Morgan fingerprint density at radius 2 is 0.864 bits per heavy atom. The second kappa shape index (κ2) is 30.6. The number of alkyl halides is 4.